The van der Waals surface area contributed by atoms with Gasteiger partial charge < -0.3 is 10.1 Å². The second-order valence-electron chi connectivity index (χ2n) is 4.65. The second kappa shape index (κ2) is 4.24. The molecule has 1 fully saturated rings. The van der Waals surface area contributed by atoms with Crippen molar-refractivity contribution in [1.82, 2.24) is 5.32 Å². The van der Waals surface area contributed by atoms with E-state index in [1.54, 1.807) is 0 Å². The van der Waals surface area contributed by atoms with Crippen molar-refractivity contribution in [1.29, 1.82) is 0 Å². The molecule has 0 aromatic carbocycles. The molecule has 0 unspecified atom stereocenters. The quantitative estimate of drug-likeness (QED) is 0.656. The third-order valence-electron chi connectivity index (χ3n) is 2.20. The van der Waals surface area contributed by atoms with E-state index in [4.69, 9.17) is 4.74 Å². The highest BCUT2D eigenvalue weighted by Crippen LogP contribution is 2.29. The molecular weight excluding hydrogens is 150 g/mol. The van der Waals surface area contributed by atoms with Gasteiger partial charge in [-0.25, -0.2) is 0 Å². The summed E-state index contributed by atoms with van der Waals surface area (Å²) in [5.41, 5.74) is 0.281. The van der Waals surface area contributed by atoms with Crippen molar-refractivity contribution < 1.29 is 4.74 Å². The molecule has 1 saturated carbocycles. The van der Waals surface area contributed by atoms with Crippen LogP contribution >= 0.6 is 0 Å². The van der Waals surface area contributed by atoms with Crippen LogP contribution in [0.25, 0.3) is 0 Å². The summed E-state index contributed by atoms with van der Waals surface area (Å²) in [4.78, 5) is 0. The first-order chi connectivity index (χ1) is 5.64. The van der Waals surface area contributed by atoms with Crippen molar-refractivity contribution in [2.24, 2.45) is 11.3 Å². The molecule has 0 saturated heterocycles. The monoisotopic (exact) mass is 171 g/mol. The van der Waals surface area contributed by atoms with Gasteiger partial charge >= 0.3 is 0 Å². The molecule has 12 heavy (non-hydrogen) atoms. The first-order valence-corrected chi connectivity index (χ1v) is 4.86. The van der Waals surface area contributed by atoms with Crippen LogP contribution in [0.5, 0.6) is 0 Å². The van der Waals surface area contributed by atoms with E-state index in [2.05, 4.69) is 19.2 Å². The molecule has 0 amide bonds. The molecule has 0 aromatic heterocycles. The lowest BCUT2D eigenvalue weighted by Gasteiger charge is -2.23. The SMILES string of the molecule is CNCC(C)(C)COCC1CC1. The van der Waals surface area contributed by atoms with Gasteiger partial charge in [-0.2, -0.15) is 0 Å². The highest BCUT2D eigenvalue weighted by Gasteiger charge is 2.23. The molecule has 0 radical (unpaired) electrons. The molecule has 0 aromatic rings. The molecule has 72 valence electrons. The zero-order valence-corrected chi connectivity index (χ0v) is 8.52. The largest absolute Gasteiger partial charge is 0.381 e. The lowest BCUT2D eigenvalue weighted by atomic mass is 9.95. The van der Waals surface area contributed by atoms with Gasteiger partial charge in [0.15, 0.2) is 0 Å². The third kappa shape index (κ3) is 4.07. The minimum absolute atomic E-state index is 0.281. The maximum Gasteiger partial charge on any atom is 0.0529 e. The predicted molar refractivity (Wildman–Crippen MR) is 51.3 cm³/mol. The van der Waals surface area contributed by atoms with Gasteiger partial charge in [-0.15, -0.1) is 0 Å². The van der Waals surface area contributed by atoms with Gasteiger partial charge in [-0.05, 0) is 25.8 Å². The molecule has 0 spiro atoms. The molecule has 0 aliphatic heterocycles. The van der Waals surface area contributed by atoms with Crippen LogP contribution in [0.15, 0.2) is 0 Å². The minimum atomic E-state index is 0.281. The molecule has 2 heteroatoms. The number of hydrogen-bond acceptors (Lipinski definition) is 2. The van der Waals surface area contributed by atoms with Gasteiger partial charge in [-0.3, -0.25) is 0 Å². The molecule has 0 bridgehead atoms. The zero-order valence-electron chi connectivity index (χ0n) is 8.52. The van der Waals surface area contributed by atoms with Crippen molar-refractivity contribution in [3.8, 4) is 0 Å². The summed E-state index contributed by atoms with van der Waals surface area (Å²) in [6.07, 6.45) is 2.76. The van der Waals surface area contributed by atoms with Gasteiger partial charge in [0.2, 0.25) is 0 Å². The van der Waals surface area contributed by atoms with Crippen LogP contribution in [-0.2, 0) is 4.74 Å². The van der Waals surface area contributed by atoms with Crippen molar-refractivity contribution in [3.63, 3.8) is 0 Å². The van der Waals surface area contributed by atoms with E-state index in [-0.39, 0.29) is 5.41 Å². The summed E-state index contributed by atoms with van der Waals surface area (Å²) in [7, 11) is 1.99. The second-order valence-corrected chi connectivity index (χ2v) is 4.65. The molecule has 0 atom stereocenters. The predicted octanol–water partition coefficient (Wildman–Crippen LogP) is 1.66. The summed E-state index contributed by atoms with van der Waals surface area (Å²) in [5.74, 6) is 0.885. The standard InChI is InChI=1S/C10H21NO/c1-10(2,7-11-3)8-12-6-9-4-5-9/h9,11H,4-8H2,1-3H3. The lowest BCUT2D eigenvalue weighted by molar-refractivity contribution is 0.0566. The van der Waals surface area contributed by atoms with Gasteiger partial charge in [-0.1, -0.05) is 13.8 Å². The minimum Gasteiger partial charge on any atom is -0.381 e. The van der Waals surface area contributed by atoms with E-state index in [0.717, 1.165) is 25.7 Å². The summed E-state index contributed by atoms with van der Waals surface area (Å²) in [5, 5.41) is 3.18. The third-order valence-corrected chi connectivity index (χ3v) is 2.20. The Balaban J connectivity index is 2.01. The summed E-state index contributed by atoms with van der Waals surface area (Å²) in [6, 6.07) is 0. The maximum absolute atomic E-state index is 5.63. The first kappa shape index (κ1) is 10.0. The Kier molecular flexibility index (Phi) is 3.53. The molecule has 2 nitrogen and oxygen atoms in total. The topological polar surface area (TPSA) is 21.3 Å². The summed E-state index contributed by atoms with van der Waals surface area (Å²) < 4.78 is 5.63. The Bertz CT molecular complexity index is 130. The van der Waals surface area contributed by atoms with Crippen LogP contribution in [0.3, 0.4) is 0 Å². The summed E-state index contributed by atoms with van der Waals surface area (Å²) >= 11 is 0. The Labute approximate surface area is 75.7 Å². The number of nitrogens with one attached hydrogen (secondary N) is 1. The fourth-order valence-corrected chi connectivity index (χ4v) is 1.32. The van der Waals surface area contributed by atoms with Gasteiger partial charge in [0, 0.05) is 18.6 Å². The fraction of sp³-hybridized carbons (Fsp3) is 1.00. The number of rotatable bonds is 6. The van der Waals surface area contributed by atoms with E-state index in [0.29, 0.717) is 0 Å². The van der Waals surface area contributed by atoms with Crippen LogP contribution in [0.4, 0.5) is 0 Å². The Morgan fingerprint density at radius 3 is 2.58 bits per heavy atom. The molecule has 1 aliphatic carbocycles. The molecule has 1 aliphatic rings. The Morgan fingerprint density at radius 1 is 1.42 bits per heavy atom. The molecule has 0 heterocycles. The van der Waals surface area contributed by atoms with Gasteiger partial charge in [0.25, 0.3) is 0 Å². The van der Waals surface area contributed by atoms with E-state index in [9.17, 15) is 0 Å². The first-order valence-electron chi connectivity index (χ1n) is 4.86. The zero-order chi connectivity index (χ0) is 9.03. The van der Waals surface area contributed by atoms with Gasteiger partial charge in [0.1, 0.15) is 0 Å². The summed E-state index contributed by atoms with van der Waals surface area (Å²) in [6.45, 7) is 7.35. The van der Waals surface area contributed by atoms with E-state index >= 15 is 0 Å². The maximum atomic E-state index is 5.63. The van der Waals surface area contributed by atoms with Crippen molar-refractivity contribution in [2.75, 3.05) is 26.8 Å². The highest BCUT2D eigenvalue weighted by atomic mass is 16.5. The smallest absolute Gasteiger partial charge is 0.0529 e. The van der Waals surface area contributed by atoms with Crippen LogP contribution in [0, 0.1) is 11.3 Å². The Hall–Kier alpha value is -0.0800. The van der Waals surface area contributed by atoms with E-state index in [1.807, 2.05) is 7.05 Å². The van der Waals surface area contributed by atoms with Crippen molar-refractivity contribution >= 4 is 0 Å². The van der Waals surface area contributed by atoms with Gasteiger partial charge in [0.05, 0.1) is 6.61 Å². The average Bonchev–Trinajstić information content (AvgIpc) is 2.70. The fourth-order valence-electron chi connectivity index (χ4n) is 1.32. The van der Waals surface area contributed by atoms with Crippen LogP contribution in [0.1, 0.15) is 26.7 Å². The highest BCUT2D eigenvalue weighted by molar-refractivity contribution is 4.74. The van der Waals surface area contributed by atoms with E-state index < -0.39 is 0 Å². The van der Waals surface area contributed by atoms with E-state index in [1.165, 1.54) is 12.8 Å². The lowest BCUT2D eigenvalue weighted by Crippen LogP contribution is -2.31. The average molecular weight is 171 g/mol. The van der Waals surface area contributed by atoms with Crippen LogP contribution in [0.2, 0.25) is 0 Å². The van der Waals surface area contributed by atoms with Crippen LogP contribution < -0.4 is 5.32 Å². The van der Waals surface area contributed by atoms with Crippen molar-refractivity contribution in [3.05, 3.63) is 0 Å². The van der Waals surface area contributed by atoms with Crippen LogP contribution in [-0.4, -0.2) is 26.8 Å². The van der Waals surface area contributed by atoms with Crippen molar-refractivity contribution in [2.45, 2.75) is 26.7 Å². The Morgan fingerprint density at radius 2 is 2.08 bits per heavy atom. The normalized spacial score (nSPS) is 18.2. The molecule has 1 N–H and O–H groups in total. The number of hydrogen-bond donors (Lipinski definition) is 1. The number of ether oxygens (including phenoxy) is 1. The molecular formula is C10H21NO. The molecule has 1 rings (SSSR count).